The van der Waals surface area contributed by atoms with Crippen LogP contribution < -0.4 is 5.56 Å². The number of rotatable bonds is 1. The molecule has 4 rings (SSSR count). The van der Waals surface area contributed by atoms with E-state index in [1.54, 1.807) is 0 Å². The molecule has 0 amide bonds. The fraction of sp³-hybridized carbons (Fsp3) is 0.267. The number of alkyl halides is 3. The Morgan fingerprint density at radius 1 is 1.22 bits per heavy atom. The van der Waals surface area contributed by atoms with Crippen LogP contribution in [0.5, 0.6) is 0 Å². The first-order valence-corrected chi connectivity index (χ1v) is 7.01. The predicted octanol–water partition coefficient (Wildman–Crippen LogP) is 3.02. The normalized spacial score (nSPS) is 14.4. The standard InChI is InChI=1S/C15H10F3N3O2/c16-15(17,18)9-4-1-3-8(7-9)12-20-11-13(23-12)19-10-5-2-6-21(10)14(11)22/h1,3-4,7H,2,5-6H2. The molecule has 8 heteroatoms. The van der Waals surface area contributed by atoms with Crippen molar-refractivity contribution in [1.82, 2.24) is 14.5 Å². The van der Waals surface area contributed by atoms with Gasteiger partial charge in [-0.2, -0.15) is 18.2 Å². The summed E-state index contributed by atoms with van der Waals surface area (Å²) in [5.74, 6) is 0.578. The van der Waals surface area contributed by atoms with Crippen LogP contribution in [0.2, 0.25) is 0 Å². The Labute approximate surface area is 127 Å². The van der Waals surface area contributed by atoms with Crippen LogP contribution in [0.1, 0.15) is 17.8 Å². The molecule has 0 bridgehead atoms. The monoisotopic (exact) mass is 321 g/mol. The number of benzene rings is 1. The van der Waals surface area contributed by atoms with Gasteiger partial charge in [0.1, 0.15) is 5.82 Å². The molecule has 3 heterocycles. The van der Waals surface area contributed by atoms with Crippen molar-refractivity contribution < 1.29 is 17.6 Å². The lowest BCUT2D eigenvalue weighted by Gasteiger charge is -2.06. The average molecular weight is 321 g/mol. The lowest BCUT2D eigenvalue weighted by Crippen LogP contribution is -2.20. The van der Waals surface area contributed by atoms with Gasteiger partial charge < -0.3 is 4.42 Å². The topological polar surface area (TPSA) is 60.9 Å². The number of nitrogens with zero attached hydrogens (tertiary/aromatic N) is 3. The predicted molar refractivity (Wildman–Crippen MR) is 74.8 cm³/mol. The van der Waals surface area contributed by atoms with Gasteiger partial charge in [0.15, 0.2) is 5.52 Å². The highest BCUT2D eigenvalue weighted by Gasteiger charge is 2.31. The average Bonchev–Trinajstić information content (AvgIpc) is 3.13. The number of aromatic nitrogens is 3. The van der Waals surface area contributed by atoms with Gasteiger partial charge in [-0.25, -0.2) is 4.98 Å². The van der Waals surface area contributed by atoms with Crippen molar-refractivity contribution in [2.75, 3.05) is 0 Å². The molecule has 0 spiro atoms. The van der Waals surface area contributed by atoms with Gasteiger partial charge in [0.25, 0.3) is 11.3 Å². The summed E-state index contributed by atoms with van der Waals surface area (Å²) < 4.78 is 45.3. The van der Waals surface area contributed by atoms with E-state index in [2.05, 4.69) is 9.97 Å². The number of fused-ring (bicyclic) bond motifs is 2. The smallest absolute Gasteiger partial charge is 0.416 e. The first kappa shape index (κ1) is 14.0. The summed E-state index contributed by atoms with van der Waals surface area (Å²) in [6.45, 7) is 0.572. The summed E-state index contributed by atoms with van der Waals surface area (Å²) in [6, 6.07) is 4.63. The quantitative estimate of drug-likeness (QED) is 0.691. The molecule has 1 aliphatic heterocycles. The zero-order valence-electron chi connectivity index (χ0n) is 11.7. The fourth-order valence-electron chi connectivity index (χ4n) is 2.72. The lowest BCUT2D eigenvalue weighted by molar-refractivity contribution is -0.137. The van der Waals surface area contributed by atoms with Crippen LogP contribution in [0, 0.1) is 0 Å². The molecule has 0 unspecified atom stereocenters. The lowest BCUT2D eigenvalue weighted by atomic mass is 10.1. The number of aryl methyl sites for hydroxylation is 1. The van der Waals surface area contributed by atoms with Crippen molar-refractivity contribution in [3.8, 4) is 11.5 Å². The van der Waals surface area contributed by atoms with Gasteiger partial charge in [0, 0.05) is 18.5 Å². The van der Waals surface area contributed by atoms with E-state index in [0.717, 1.165) is 18.6 Å². The maximum atomic E-state index is 12.8. The molecule has 0 aliphatic carbocycles. The molecule has 0 atom stereocenters. The van der Waals surface area contributed by atoms with Crippen molar-refractivity contribution in [3.05, 3.63) is 46.0 Å². The van der Waals surface area contributed by atoms with Gasteiger partial charge in [0.05, 0.1) is 5.56 Å². The summed E-state index contributed by atoms with van der Waals surface area (Å²) in [5, 5.41) is 0. The highest BCUT2D eigenvalue weighted by molar-refractivity contribution is 5.72. The maximum Gasteiger partial charge on any atom is 0.416 e. The van der Waals surface area contributed by atoms with Crippen LogP contribution in [-0.4, -0.2) is 14.5 Å². The van der Waals surface area contributed by atoms with E-state index in [9.17, 15) is 18.0 Å². The van der Waals surface area contributed by atoms with Crippen molar-refractivity contribution in [1.29, 1.82) is 0 Å². The minimum absolute atomic E-state index is 0.0417. The Balaban J connectivity index is 1.88. The molecule has 23 heavy (non-hydrogen) atoms. The third-order valence-electron chi connectivity index (χ3n) is 3.82. The summed E-state index contributed by atoms with van der Waals surface area (Å²) in [5.41, 5.74) is -0.852. The summed E-state index contributed by atoms with van der Waals surface area (Å²) in [7, 11) is 0. The minimum Gasteiger partial charge on any atom is -0.417 e. The molecular formula is C15H10F3N3O2. The first-order chi connectivity index (χ1) is 10.9. The maximum absolute atomic E-state index is 12.8. The Morgan fingerprint density at radius 2 is 2.04 bits per heavy atom. The Morgan fingerprint density at radius 3 is 2.83 bits per heavy atom. The molecule has 0 fully saturated rings. The van der Waals surface area contributed by atoms with Gasteiger partial charge >= 0.3 is 6.18 Å². The largest absolute Gasteiger partial charge is 0.417 e. The summed E-state index contributed by atoms with van der Waals surface area (Å²) >= 11 is 0. The molecule has 0 radical (unpaired) electrons. The zero-order chi connectivity index (χ0) is 16.2. The van der Waals surface area contributed by atoms with Gasteiger partial charge in [-0.05, 0) is 24.6 Å². The Kier molecular flexibility index (Phi) is 2.84. The molecule has 0 saturated carbocycles. The van der Waals surface area contributed by atoms with Crippen molar-refractivity contribution in [2.45, 2.75) is 25.6 Å². The van der Waals surface area contributed by atoms with E-state index in [1.165, 1.54) is 16.7 Å². The van der Waals surface area contributed by atoms with Crippen LogP contribution in [0.4, 0.5) is 13.2 Å². The van der Waals surface area contributed by atoms with E-state index in [0.29, 0.717) is 18.8 Å². The molecule has 118 valence electrons. The number of hydrogen-bond acceptors (Lipinski definition) is 4. The van der Waals surface area contributed by atoms with Crippen LogP contribution in [0.25, 0.3) is 22.7 Å². The van der Waals surface area contributed by atoms with Crippen molar-refractivity contribution in [2.24, 2.45) is 0 Å². The SMILES string of the molecule is O=c1c2nc(-c3cccc(C(F)(F)F)c3)oc2nc2n1CCC2. The second-order valence-corrected chi connectivity index (χ2v) is 5.34. The number of halogens is 3. The highest BCUT2D eigenvalue weighted by Crippen LogP contribution is 2.32. The fourth-order valence-corrected chi connectivity index (χ4v) is 2.72. The third-order valence-corrected chi connectivity index (χ3v) is 3.82. The highest BCUT2D eigenvalue weighted by atomic mass is 19.4. The number of oxazole rings is 1. The molecule has 0 saturated heterocycles. The molecule has 1 aliphatic rings. The molecule has 5 nitrogen and oxygen atoms in total. The second kappa shape index (κ2) is 4.68. The second-order valence-electron chi connectivity index (χ2n) is 5.34. The Hall–Kier alpha value is -2.64. The van der Waals surface area contributed by atoms with Crippen molar-refractivity contribution in [3.63, 3.8) is 0 Å². The molecular weight excluding hydrogens is 311 g/mol. The van der Waals surface area contributed by atoms with Gasteiger partial charge in [-0.3, -0.25) is 9.36 Å². The van der Waals surface area contributed by atoms with Crippen LogP contribution in [0.15, 0.2) is 33.5 Å². The van der Waals surface area contributed by atoms with Crippen LogP contribution >= 0.6 is 0 Å². The molecule has 3 aromatic rings. The summed E-state index contributed by atoms with van der Waals surface area (Å²) in [4.78, 5) is 20.6. The van der Waals surface area contributed by atoms with E-state index in [4.69, 9.17) is 4.42 Å². The first-order valence-electron chi connectivity index (χ1n) is 7.01. The zero-order valence-corrected chi connectivity index (χ0v) is 11.7. The third kappa shape index (κ3) is 2.21. The molecule has 2 aromatic heterocycles. The van der Waals surface area contributed by atoms with Crippen molar-refractivity contribution >= 4 is 11.2 Å². The van der Waals surface area contributed by atoms with Crippen LogP contribution in [0.3, 0.4) is 0 Å². The van der Waals surface area contributed by atoms with E-state index in [1.807, 2.05) is 0 Å². The van der Waals surface area contributed by atoms with E-state index < -0.39 is 11.7 Å². The van der Waals surface area contributed by atoms with Gasteiger partial charge in [0.2, 0.25) is 5.89 Å². The molecule has 0 N–H and O–H groups in total. The minimum atomic E-state index is -4.46. The molecule has 1 aromatic carbocycles. The van der Waals surface area contributed by atoms with Crippen LogP contribution in [-0.2, 0) is 19.1 Å². The Bertz CT molecular complexity index is 972. The number of hydrogen-bond donors (Lipinski definition) is 0. The van der Waals surface area contributed by atoms with E-state index in [-0.39, 0.29) is 28.2 Å². The van der Waals surface area contributed by atoms with Gasteiger partial charge in [-0.15, -0.1) is 0 Å². The van der Waals surface area contributed by atoms with Gasteiger partial charge in [-0.1, -0.05) is 6.07 Å². The summed E-state index contributed by atoms with van der Waals surface area (Å²) in [6.07, 6.45) is -2.96. The van der Waals surface area contributed by atoms with E-state index >= 15 is 0 Å².